The molecule has 0 radical (unpaired) electrons. The second kappa shape index (κ2) is 5.74. The van der Waals surface area contributed by atoms with Crippen LogP contribution in [0.1, 0.15) is 0 Å². The number of nitrogens with zero attached hydrogens (tertiary/aromatic N) is 3. The summed E-state index contributed by atoms with van der Waals surface area (Å²) in [6, 6.07) is 7.12. The topological polar surface area (TPSA) is 107 Å². The summed E-state index contributed by atoms with van der Waals surface area (Å²) in [6.07, 6.45) is 2.54. The Morgan fingerprint density at radius 3 is 2.80 bits per heavy atom. The predicted molar refractivity (Wildman–Crippen MR) is 70.2 cm³/mol. The van der Waals surface area contributed by atoms with E-state index < -0.39 is 16.4 Å². The van der Waals surface area contributed by atoms with Crippen LogP contribution in [0.2, 0.25) is 0 Å². The zero-order valence-electron chi connectivity index (χ0n) is 10.2. The van der Waals surface area contributed by atoms with Gasteiger partial charge in [0, 0.05) is 18.3 Å². The van der Waals surface area contributed by atoms with Gasteiger partial charge in [0.2, 0.25) is 5.91 Å². The average molecular weight is 274 g/mol. The van der Waals surface area contributed by atoms with E-state index in [1.807, 2.05) is 0 Å². The van der Waals surface area contributed by atoms with Crippen LogP contribution in [0.5, 0.6) is 0 Å². The van der Waals surface area contributed by atoms with Gasteiger partial charge in [-0.05, 0) is 12.1 Å². The first-order valence-corrected chi connectivity index (χ1v) is 5.62. The quantitative estimate of drug-likeness (QED) is 0.655. The van der Waals surface area contributed by atoms with Crippen LogP contribution in [0, 0.1) is 10.1 Å². The summed E-state index contributed by atoms with van der Waals surface area (Å²) in [5.74, 6) is -0.151. The molecular formula is C12H10N4O4. The molecule has 0 unspecified atom stereocenters. The van der Waals surface area contributed by atoms with E-state index in [1.165, 1.54) is 6.20 Å². The van der Waals surface area contributed by atoms with Gasteiger partial charge in [0.15, 0.2) is 0 Å². The first-order chi connectivity index (χ1) is 9.56. The van der Waals surface area contributed by atoms with Gasteiger partial charge < -0.3 is 5.32 Å². The third-order valence-electron chi connectivity index (χ3n) is 2.43. The van der Waals surface area contributed by atoms with Gasteiger partial charge in [-0.3, -0.25) is 24.3 Å². The van der Waals surface area contributed by atoms with E-state index in [9.17, 15) is 19.7 Å². The van der Waals surface area contributed by atoms with Crippen molar-refractivity contribution in [3.05, 3.63) is 63.2 Å². The number of nitro groups is 1. The molecule has 2 aromatic rings. The molecular weight excluding hydrogens is 264 g/mol. The number of pyridine rings is 2. The Balaban J connectivity index is 2.13. The van der Waals surface area contributed by atoms with Crippen LogP contribution in [0.4, 0.5) is 11.5 Å². The van der Waals surface area contributed by atoms with Crippen LogP contribution in [0.15, 0.2) is 47.5 Å². The van der Waals surface area contributed by atoms with Crippen molar-refractivity contribution in [2.45, 2.75) is 6.54 Å². The van der Waals surface area contributed by atoms with Crippen molar-refractivity contribution in [1.82, 2.24) is 9.55 Å². The summed E-state index contributed by atoms with van der Waals surface area (Å²) < 4.78 is 0.969. The fourth-order valence-corrected chi connectivity index (χ4v) is 1.52. The molecule has 0 aliphatic rings. The number of carbonyl (C=O) groups is 1. The summed E-state index contributed by atoms with van der Waals surface area (Å²) in [7, 11) is 0. The van der Waals surface area contributed by atoms with E-state index in [1.54, 1.807) is 18.2 Å². The Morgan fingerprint density at radius 1 is 1.35 bits per heavy atom. The van der Waals surface area contributed by atoms with Crippen molar-refractivity contribution in [3.63, 3.8) is 0 Å². The maximum absolute atomic E-state index is 11.7. The number of amides is 1. The first-order valence-electron chi connectivity index (χ1n) is 5.62. The van der Waals surface area contributed by atoms with Crippen LogP contribution < -0.4 is 10.9 Å². The Labute approximate surface area is 112 Å². The summed E-state index contributed by atoms with van der Waals surface area (Å²) in [6.45, 7) is -0.322. The number of aromatic nitrogens is 2. The molecule has 2 rings (SSSR count). The average Bonchev–Trinajstić information content (AvgIpc) is 2.42. The molecule has 102 valence electrons. The number of hydrogen-bond acceptors (Lipinski definition) is 5. The normalized spacial score (nSPS) is 10.0. The van der Waals surface area contributed by atoms with Crippen molar-refractivity contribution < 1.29 is 9.72 Å². The van der Waals surface area contributed by atoms with Gasteiger partial charge in [-0.2, -0.15) is 0 Å². The Morgan fingerprint density at radius 2 is 2.15 bits per heavy atom. The maximum atomic E-state index is 11.7. The van der Waals surface area contributed by atoms with Gasteiger partial charge in [0.25, 0.3) is 11.2 Å². The molecule has 0 aromatic carbocycles. The van der Waals surface area contributed by atoms with Crippen molar-refractivity contribution >= 4 is 17.4 Å². The number of anilines is 1. The molecule has 20 heavy (non-hydrogen) atoms. The zero-order valence-corrected chi connectivity index (χ0v) is 10.2. The highest BCUT2D eigenvalue weighted by molar-refractivity contribution is 5.89. The summed E-state index contributed by atoms with van der Waals surface area (Å²) in [5.41, 5.74) is -0.748. The molecule has 1 amide bonds. The maximum Gasteiger partial charge on any atom is 0.285 e. The second-order valence-corrected chi connectivity index (χ2v) is 3.87. The van der Waals surface area contributed by atoms with E-state index in [2.05, 4.69) is 10.3 Å². The van der Waals surface area contributed by atoms with E-state index in [4.69, 9.17) is 0 Å². The minimum Gasteiger partial charge on any atom is -0.309 e. The zero-order chi connectivity index (χ0) is 14.5. The highest BCUT2D eigenvalue weighted by Crippen LogP contribution is 2.06. The lowest BCUT2D eigenvalue weighted by Gasteiger charge is -2.06. The second-order valence-electron chi connectivity index (χ2n) is 3.87. The van der Waals surface area contributed by atoms with Crippen molar-refractivity contribution in [2.24, 2.45) is 0 Å². The van der Waals surface area contributed by atoms with Crippen LogP contribution in [-0.4, -0.2) is 20.4 Å². The van der Waals surface area contributed by atoms with Gasteiger partial charge >= 0.3 is 0 Å². The van der Waals surface area contributed by atoms with E-state index in [0.29, 0.717) is 5.82 Å². The Kier molecular flexibility index (Phi) is 3.85. The van der Waals surface area contributed by atoms with Crippen molar-refractivity contribution in [1.29, 1.82) is 0 Å². The van der Waals surface area contributed by atoms with Crippen LogP contribution in [0.25, 0.3) is 0 Å². The smallest absolute Gasteiger partial charge is 0.285 e. The number of nitrogens with one attached hydrogen (secondary N) is 1. The summed E-state index contributed by atoms with van der Waals surface area (Å²) in [5, 5.41) is 13.1. The lowest BCUT2D eigenvalue weighted by atomic mass is 10.4. The van der Waals surface area contributed by atoms with E-state index in [-0.39, 0.29) is 12.2 Å². The molecule has 0 bridgehead atoms. The molecule has 0 saturated carbocycles. The molecule has 1 N–H and O–H groups in total. The van der Waals surface area contributed by atoms with Crippen molar-refractivity contribution in [2.75, 3.05) is 5.32 Å². The fraction of sp³-hybridized carbons (Fsp3) is 0.0833. The largest absolute Gasteiger partial charge is 0.309 e. The molecule has 0 fully saturated rings. The fourth-order valence-electron chi connectivity index (χ4n) is 1.52. The number of rotatable bonds is 4. The number of carbonyl (C=O) groups excluding carboxylic acids is 1. The third-order valence-corrected chi connectivity index (χ3v) is 2.43. The highest BCUT2D eigenvalue weighted by atomic mass is 16.6. The van der Waals surface area contributed by atoms with Gasteiger partial charge in [0.1, 0.15) is 12.4 Å². The van der Waals surface area contributed by atoms with E-state index >= 15 is 0 Å². The molecule has 0 saturated heterocycles. The Bertz CT molecular complexity index is 696. The summed E-state index contributed by atoms with van der Waals surface area (Å²) in [4.78, 5) is 37.2. The SMILES string of the molecule is O=C(Cn1cc([N+](=O)[O-])ccc1=O)Nc1ccccn1. The van der Waals surface area contributed by atoms with Crippen LogP contribution in [0.3, 0.4) is 0 Å². The van der Waals surface area contributed by atoms with E-state index in [0.717, 1.165) is 22.9 Å². The van der Waals surface area contributed by atoms with Gasteiger partial charge in [0.05, 0.1) is 11.1 Å². The molecule has 0 aliphatic carbocycles. The van der Waals surface area contributed by atoms with Gasteiger partial charge in [-0.1, -0.05) is 6.07 Å². The van der Waals surface area contributed by atoms with Crippen LogP contribution in [-0.2, 0) is 11.3 Å². The molecule has 0 aliphatic heterocycles. The minimum atomic E-state index is -0.632. The number of hydrogen-bond donors (Lipinski definition) is 1. The first kappa shape index (κ1) is 13.4. The minimum absolute atomic E-state index is 0.254. The molecule has 2 aromatic heterocycles. The summed E-state index contributed by atoms with van der Waals surface area (Å²) >= 11 is 0. The molecule has 8 heteroatoms. The monoisotopic (exact) mass is 274 g/mol. The lowest BCUT2D eigenvalue weighted by molar-refractivity contribution is -0.385. The molecule has 0 spiro atoms. The van der Waals surface area contributed by atoms with Gasteiger partial charge in [-0.25, -0.2) is 4.98 Å². The lowest BCUT2D eigenvalue weighted by Crippen LogP contribution is -2.27. The van der Waals surface area contributed by atoms with Crippen LogP contribution >= 0.6 is 0 Å². The van der Waals surface area contributed by atoms with Gasteiger partial charge in [-0.15, -0.1) is 0 Å². The molecule has 2 heterocycles. The molecule has 8 nitrogen and oxygen atoms in total. The standard InChI is InChI=1S/C12H10N4O4/c17-11(14-10-3-1-2-6-13-10)8-15-7-9(16(19)20)4-5-12(15)18/h1-7H,8H2,(H,13,14,17). The highest BCUT2D eigenvalue weighted by Gasteiger charge is 2.10. The molecule has 0 atom stereocenters. The Hall–Kier alpha value is -3.03. The van der Waals surface area contributed by atoms with Crippen molar-refractivity contribution in [3.8, 4) is 0 Å². The third kappa shape index (κ3) is 3.25. The predicted octanol–water partition coefficient (Wildman–Crippen LogP) is 0.790.